The number of carbonyl (C=O) groups is 1. The number of ketones is 1. The van der Waals surface area contributed by atoms with Crippen LogP contribution in [0.5, 0.6) is 17.2 Å². The van der Waals surface area contributed by atoms with E-state index < -0.39 is 28.9 Å². The molecule has 4 nitrogen and oxygen atoms in total. The number of halogens is 2. The smallest absolute Gasteiger partial charge is 0.187 e. The predicted octanol–water partition coefficient (Wildman–Crippen LogP) is 3.53. The van der Waals surface area contributed by atoms with Gasteiger partial charge in [0.2, 0.25) is 0 Å². The molecule has 0 amide bonds. The van der Waals surface area contributed by atoms with Crippen molar-refractivity contribution in [1.82, 2.24) is 0 Å². The van der Waals surface area contributed by atoms with Crippen LogP contribution in [0, 0.1) is 11.6 Å². The lowest BCUT2D eigenvalue weighted by atomic mass is 10.0. The Morgan fingerprint density at radius 3 is 2.05 bits per heavy atom. The van der Waals surface area contributed by atoms with Gasteiger partial charge in [-0.25, -0.2) is 8.78 Å². The summed E-state index contributed by atoms with van der Waals surface area (Å²) < 4.78 is 26.3. The SMILES string of the molecule is CC.O=C(Cc1cc(F)c(O)c(F)c1)c1ccc(O)cc1O. The zero-order valence-electron chi connectivity index (χ0n) is 12.1. The summed E-state index contributed by atoms with van der Waals surface area (Å²) in [6.45, 7) is 4.00. The maximum absolute atomic E-state index is 13.1. The third-order valence-electron chi connectivity index (χ3n) is 2.72. The predicted molar refractivity (Wildman–Crippen MR) is 77.2 cm³/mol. The Kier molecular flexibility index (Phi) is 5.86. The molecule has 2 rings (SSSR count). The summed E-state index contributed by atoms with van der Waals surface area (Å²) in [6.07, 6.45) is -0.355. The third-order valence-corrected chi connectivity index (χ3v) is 2.72. The Bertz CT molecular complexity index is 661. The van der Waals surface area contributed by atoms with Gasteiger partial charge in [-0.3, -0.25) is 4.79 Å². The molecule has 0 aliphatic carbocycles. The summed E-state index contributed by atoms with van der Waals surface area (Å²) in [6, 6.07) is 5.10. The summed E-state index contributed by atoms with van der Waals surface area (Å²) >= 11 is 0. The van der Waals surface area contributed by atoms with Gasteiger partial charge in [-0.05, 0) is 29.8 Å². The lowest BCUT2D eigenvalue weighted by Gasteiger charge is -2.06. The van der Waals surface area contributed by atoms with Crippen LogP contribution in [0.1, 0.15) is 29.8 Å². The molecule has 0 aliphatic heterocycles. The van der Waals surface area contributed by atoms with E-state index in [1.54, 1.807) is 0 Å². The molecule has 0 aliphatic rings. The van der Waals surface area contributed by atoms with E-state index >= 15 is 0 Å². The van der Waals surface area contributed by atoms with Crippen LogP contribution in [0.3, 0.4) is 0 Å². The number of rotatable bonds is 3. The molecule has 0 saturated carbocycles. The molecular formula is C16H16F2O4. The molecule has 118 valence electrons. The van der Waals surface area contributed by atoms with Gasteiger partial charge in [-0.15, -0.1) is 0 Å². The zero-order chi connectivity index (χ0) is 16.9. The van der Waals surface area contributed by atoms with E-state index in [0.717, 1.165) is 18.2 Å². The Morgan fingerprint density at radius 1 is 1.00 bits per heavy atom. The van der Waals surface area contributed by atoms with Gasteiger partial charge in [0.1, 0.15) is 11.5 Å². The van der Waals surface area contributed by atoms with Gasteiger partial charge >= 0.3 is 0 Å². The zero-order valence-corrected chi connectivity index (χ0v) is 12.1. The normalized spacial score (nSPS) is 9.82. The number of phenolic OH excluding ortho intramolecular Hbond substituents is 3. The summed E-state index contributed by atoms with van der Waals surface area (Å²) in [5, 5.41) is 27.6. The van der Waals surface area contributed by atoms with E-state index in [1.165, 1.54) is 12.1 Å². The Hall–Kier alpha value is -2.63. The number of hydrogen-bond acceptors (Lipinski definition) is 4. The topological polar surface area (TPSA) is 77.8 Å². The standard InChI is InChI=1S/C14H10F2O4.C2H6/c15-10-3-7(4-11(16)14(10)20)5-12(18)9-2-1-8(17)6-13(9)19;1-2/h1-4,6,17,19-20H,5H2;1-2H3. The Labute approximate surface area is 126 Å². The summed E-state index contributed by atoms with van der Waals surface area (Å²) in [7, 11) is 0. The average molecular weight is 310 g/mol. The van der Waals surface area contributed by atoms with Crippen LogP contribution < -0.4 is 0 Å². The molecule has 0 aromatic heterocycles. The van der Waals surface area contributed by atoms with Gasteiger partial charge in [-0.1, -0.05) is 13.8 Å². The fraction of sp³-hybridized carbons (Fsp3) is 0.188. The largest absolute Gasteiger partial charge is 0.508 e. The van der Waals surface area contributed by atoms with E-state index in [1.807, 2.05) is 13.8 Å². The van der Waals surface area contributed by atoms with Crippen molar-refractivity contribution in [2.24, 2.45) is 0 Å². The molecular weight excluding hydrogens is 294 g/mol. The van der Waals surface area contributed by atoms with Gasteiger partial charge in [0, 0.05) is 12.5 Å². The lowest BCUT2D eigenvalue weighted by Crippen LogP contribution is -2.04. The summed E-state index contributed by atoms with van der Waals surface area (Å²) in [5.74, 6) is -4.64. The molecule has 3 N–H and O–H groups in total. The van der Waals surface area contributed by atoms with Gasteiger partial charge < -0.3 is 15.3 Å². The van der Waals surface area contributed by atoms with Crippen molar-refractivity contribution in [2.75, 3.05) is 0 Å². The number of phenols is 3. The number of hydrogen-bond donors (Lipinski definition) is 3. The van der Waals surface area contributed by atoms with E-state index in [4.69, 9.17) is 10.2 Å². The van der Waals surface area contributed by atoms with Gasteiger partial charge in [0.15, 0.2) is 23.2 Å². The second-order valence-corrected chi connectivity index (χ2v) is 4.21. The fourth-order valence-corrected chi connectivity index (χ4v) is 1.76. The van der Waals surface area contributed by atoms with Crippen molar-refractivity contribution in [3.63, 3.8) is 0 Å². The van der Waals surface area contributed by atoms with Gasteiger partial charge in [0.05, 0.1) is 5.56 Å². The van der Waals surface area contributed by atoms with Crippen LogP contribution in [0.15, 0.2) is 30.3 Å². The van der Waals surface area contributed by atoms with Crippen molar-refractivity contribution in [1.29, 1.82) is 0 Å². The number of carbonyl (C=O) groups excluding carboxylic acids is 1. The highest BCUT2D eigenvalue weighted by molar-refractivity contribution is 6.00. The van der Waals surface area contributed by atoms with Crippen LogP contribution in [0.2, 0.25) is 0 Å². The first-order valence-electron chi connectivity index (χ1n) is 6.60. The molecule has 0 heterocycles. The van der Waals surface area contributed by atoms with Crippen molar-refractivity contribution in [3.05, 3.63) is 53.1 Å². The van der Waals surface area contributed by atoms with Crippen molar-refractivity contribution >= 4 is 5.78 Å². The van der Waals surface area contributed by atoms with Crippen LogP contribution in [-0.2, 0) is 6.42 Å². The first-order valence-corrected chi connectivity index (χ1v) is 6.60. The van der Waals surface area contributed by atoms with Crippen molar-refractivity contribution in [3.8, 4) is 17.2 Å². The second-order valence-electron chi connectivity index (χ2n) is 4.21. The quantitative estimate of drug-likeness (QED) is 0.758. The molecule has 0 fully saturated rings. The monoisotopic (exact) mass is 310 g/mol. The molecule has 22 heavy (non-hydrogen) atoms. The maximum atomic E-state index is 13.1. The van der Waals surface area contributed by atoms with Crippen LogP contribution in [-0.4, -0.2) is 21.1 Å². The molecule has 6 heteroatoms. The minimum atomic E-state index is -1.16. The minimum absolute atomic E-state index is 0.0234. The van der Waals surface area contributed by atoms with Crippen molar-refractivity contribution < 1.29 is 28.9 Å². The summed E-state index contributed by atoms with van der Waals surface area (Å²) in [5.41, 5.74) is -0.0491. The van der Waals surface area contributed by atoms with Crippen LogP contribution in [0.25, 0.3) is 0 Å². The van der Waals surface area contributed by atoms with Crippen LogP contribution >= 0.6 is 0 Å². The molecule has 2 aromatic rings. The number of aromatic hydroxyl groups is 3. The van der Waals surface area contributed by atoms with E-state index in [9.17, 15) is 18.7 Å². The highest BCUT2D eigenvalue weighted by Gasteiger charge is 2.15. The highest BCUT2D eigenvalue weighted by Crippen LogP contribution is 2.26. The van der Waals surface area contributed by atoms with Gasteiger partial charge in [0.25, 0.3) is 0 Å². The third kappa shape index (κ3) is 3.94. The molecule has 0 atom stereocenters. The molecule has 0 spiro atoms. The lowest BCUT2D eigenvalue weighted by molar-refractivity contribution is 0.0990. The number of Topliss-reactive ketones (excluding diaryl/α,β-unsaturated/α-hetero) is 1. The Balaban J connectivity index is 0.00000116. The second kappa shape index (κ2) is 7.40. The average Bonchev–Trinajstić information content (AvgIpc) is 2.46. The number of benzene rings is 2. The minimum Gasteiger partial charge on any atom is -0.508 e. The highest BCUT2D eigenvalue weighted by atomic mass is 19.1. The maximum Gasteiger partial charge on any atom is 0.187 e. The fourth-order valence-electron chi connectivity index (χ4n) is 1.76. The molecule has 0 saturated heterocycles. The molecule has 0 radical (unpaired) electrons. The Morgan fingerprint density at radius 2 is 1.55 bits per heavy atom. The van der Waals surface area contributed by atoms with E-state index in [0.29, 0.717) is 0 Å². The molecule has 2 aromatic carbocycles. The van der Waals surface area contributed by atoms with Crippen molar-refractivity contribution in [2.45, 2.75) is 20.3 Å². The van der Waals surface area contributed by atoms with E-state index in [2.05, 4.69) is 0 Å². The first-order chi connectivity index (χ1) is 10.4. The van der Waals surface area contributed by atoms with Gasteiger partial charge in [-0.2, -0.15) is 0 Å². The van der Waals surface area contributed by atoms with Crippen LogP contribution in [0.4, 0.5) is 8.78 Å². The van der Waals surface area contributed by atoms with E-state index in [-0.39, 0.29) is 23.3 Å². The molecule has 0 bridgehead atoms. The first kappa shape index (κ1) is 17.4. The summed E-state index contributed by atoms with van der Waals surface area (Å²) in [4.78, 5) is 11.9. The molecule has 0 unspecified atom stereocenters.